The molecule has 2 saturated heterocycles. The van der Waals surface area contributed by atoms with Crippen molar-refractivity contribution in [1.82, 2.24) is 10.2 Å². The van der Waals surface area contributed by atoms with E-state index >= 15 is 0 Å². The van der Waals surface area contributed by atoms with Gasteiger partial charge in [0.2, 0.25) is 11.8 Å². The van der Waals surface area contributed by atoms with Crippen molar-refractivity contribution in [2.24, 2.45) is 17.3 Å². The van der Waals surface area contributed by atoms with E-state index in [0.29, 0.717) is 63.7 Å². The molecule has 2 aliphatic heterocycles. The highest BCUT2D eigenvalue weighted by atomic mass is 19.4. The molecule has 35 heavy (non-hydrogen) atoms. The number of likely N-dealkylation sites (tertiary alicyclic amines) is 1. The molecule has 1 saturated carbocycles. The van der Waals surface area contributed by atoms with E-state index in [-0.39, 0.29) is 18.4 Å². The molecular formula is C25H31F3N4O3. The van der Waals surface area contributed by atoms with Crippen molar-refractivity contribution in [3.05, 3.63) is 29.3 Å². The first-order chi connectivity index (χ1) is 16.7. The molecule has 0 radical (unpaired) electrons. The smallest absolute Gasteiger partial charge is 0.383 e. The predicted molar refractivity (Wildman–Crippen MR) is 122 cm³/mol. The second kappa shape index (κ2) is 10.1. The van der Waals surface area contributed by atoms with Crippen molar-refractivity contribution in [3.63, 3.8) is 0 Å². The number of nitriles is 1. The number of rotatable bonds is 7. The average Bonchev–Trinajstić information content (AvgIpc) is 3.57. The molecule has 1 atom stereocenters. The first-order valence-corrected chi connectivity index (χ1v) is 12.1. The lowest BCUT2D eigenvalue weighted by Crippen LogP contribution is -2.50. The van der Waals surface area contributed by atoms with Gasteiger partial charge < -0.3 is 19.9 Å². The van der Waals surface area contributed by atoms with Crippen molar-refractivity contribution in [2.75, 3.05) is 51.3 Å². The maximum atomic E-state index is 13.6. The summed E-state index contributed by atoms with van der Waals surface area (Å²) in [5, 5.41) is 12.0. The summed E-state index contributed by atoms with van der Waals surface area (Å²) in [6.45, 7) is 2.50. The zero-order valence-corrected chi connectivity index (χ0v) is 19.9. The molecule has 4 rings (SSSR count). The van der Waals surface area contributed by atoms with Crippen LogP contribution in [-0.2, 0) is 20.5 Å². The maximum Gasteiger partial charge on any atom is 0.417 e. The fraction of sp³-hybridized carbons (Fsp3) is 0.640. The van der Waals surface area contributed by atoms with Gasteiger partial charge in [-0.05, 0) is 49.8 Å². The van der Waals surface area contributed by atoms with Crippen LogP contribution in [0.25, 0.3) is 0 Å². The molecule has 190 valence electrons. The minimum Gasteiger partial charge on any atom is -0.383 e. The molecule has 1 spiro atoms. The largest absolute Gasteiger partial charge is 0.417 e. The molecule has 1 aromatic carbocycles. The first kappa shape index (κ1) is 25.3. The molecule has 0 aromatic heterocycles. The highest BCUT2D eigenvalue weighted by molar-refractivity contribution is 5.82. The van der Waals surface area contributed by atoms with E-state index in [1.807, 2.05) is 9.80 Å². The Labute approximate surface area is 203 Å². The summed E-state index contributed by atoms with van der Waals surface area (Å²) >= 11 is 0. The van der Waals surface area contributed by atoms with Crippen molar-refractivity contribution in [1.29, 1.82) is 5.26 Å². The van der Waals surface area contributed by atoms with Gasteiger partial charge in [-0.25, -0.2) is 0 Å². The lowest BCUT2D eigenvalue weighted by molar-refractivity contribution is -0.138. The minimum absolute atomic E-state index is 0.146. The Bertz CT molecular complexity index is 995. The van der Waals surface area contributed by atoms with Crippen molar-refractivity contribution in [2.45, 2.75) is 38.3 Å². The fourth-order valence-corrected chi connectivity index (χ4v) is 5.39. The van der Waals surface area contributed by atoms with Gasteiger partial charge in [0.25, 0.3) is 0 Å². The van der Waals surface area contributed by atoms with E-state index in [2.05, 4.69) is 5.32 Å². The monoisotopic (exact) mass is 492 g/mol. The number of nitrogens with zero attached hydrogens (tertiary/aromatic N) is 3. The van der Waals surface area contributed by atoms with Gasteiger partial charge >= 0.3 is 6.18 Å². The van der Waals surface area contributed by atoms with Gasteiger partial charge in [0, 0.05) is 57.4 Å². The Morgan fingerprint density at radius 2 is 1.97 bits per heavy atom. The van der Waals surface area contributed by atoms with Crippen LogP contribution in [0.3, 0.4) is 0 Å². The van der Waals surface area contributed by atoms with E-state index in [9.17, 15) is 22.8 Å². The van der Waals surface area contributed by atoms with Crippen LogP contribution in [0, 0.1) is 28.6 Å². The maximum absolute atomic E-state index is 13.6. The normalized spacial score (nSPS) is 21.7. The Balaban J connectivity index is 1.55. The highest BCUT2D eigenvalue weighted by Gasteiger charge is 2.52. The quantitative estimate of drug-likeness (QED) is 0.591. The Kier molecular flexibility index (Phi) is 7.27. The Morgan fingerprint density at radius 3 is 2.57 bits per heavy atom. The van der Waals surface area contributed by atoms with Crippen LogP contribution in [0.4, 0.5) is 18.9 Å². The molecule has 3 fully saturated rings. The van der Waals surface area contributed by atoms with Crippen molar-refractivity contribution in [3.8, 4) is 6.07 Å². The second-order valence-corrected chi connectivity index (χ2v) is 9.95. The zero-order chi connectivity index (χ0) is 25.2. The topological polar surface area (TPSA) is 85.7 Å². The van der Waals surface area contributed by atoms with Crippen LogP contribution in [0.5, 0.6) is 0 Å². The van der Waals surface area contributed by atoms with Gasteiger partial charge in [-0.2, -0.15) is 18.4 Å². The third-order valence-corrected chi connectivity index (χ3v) is 7.64. The third kappa shape index (κ3) is 5.56. The average molecular weight is 493 g/mol. The molecular weight excluding hydrogens is 461 g/mol. The standard InChI is InChI=1S/C25H31F3N4O3/c1-35-11-8-30-23(34)21-15-32(19-5-4-18(14-29)20(13-19)25(26,27)28)16-24(21)6-9-31(10-7-24)22(33)12-17-2-3-17/h4-5,13,17,21H,2-3,6-12,15-16H2,1H3,(H,30,34). The Hall–Kier alpha value is -2.80. The van der Waals surface area contributed by atoms with Crippen LogP contribution in [0.15, 0.2) is 18.2 Å². The van der Waals surface area contributed by atoms with Gasteiger partial charge in [0.1, 0.15) is 0 Å². The van der Waals surface area contributed by atoms with E-state index < -0.39 is 28.6 Å². The molecule has 1 aliphatic carbocycles. The lowest BCUT2D eigenvalue weighted by atomic mass is 9.70. The summed E-state index contributed by atoms with van der Waals surface area (Å²) < 4.78 is 45.7. The summed E-state index contributed by atoms with van der Waals surface area (Å²) in [6.07, 6.45) is -0.636. The third-order valence-electron chi connectivity index (χ3n) is 7.64. The van der Waals surface area contributed by atoms with E-state index in [1.54, 1.807) is 13.2 Å². The predicted octanol–water partition coefficient (Wildman–Crippen LogP) is 3.18. The van der Waals surface area contributed by atoms with Gasteiger partial charge in [0.15, 0.2) is 0 Å². The van der Waals surface area contributed by atoms with Gasteiger partial charge in [-0.3, -0.25) is 9.59 Å². The molecule has 1 aromatic rings. The second-order valence-electron chi connectivity index (χ2n) is 9.95. The summed E-state index contributed by atoms with van der Waals surface area (Å²) in [4.78, 5) is 29.5. The number of halogens is 3. The van der Waals surface area contributed by atoms with Crippen molar-refractivity contribution < 1.29 is 27.5 Å². The molecule has 2 heterocycles. The zero-order valence-electron chi connectivity index (χ0n) is 19.9. The van der Waals surface area contributed by atoms with E-state index in [1.165, 1.54) is 12.1 Å². The minimum atomic E-state index is -4.65. The van der Waals surface area contributed by atoms with Gasteiger partial charge in [-0.1, -0.05) is 0 Å². The molecule has 2 amide bonds. The van der Waals surface area contributed by atoms with Crippen molar-refractivity contribution >= 4 is 17.5 Å². The molecule has 10 heteroatoms. The summed E-state index contributed by atoms with van der Waals surface area (Å²) in [5.41, 5.74) is -1.50. The summed E-state index contributed by atoms with van der Waals surface area (Å²) in [6, 6.07) is 5.32. The number of methoxy groups -OCH3 is 1. The molecule has 1 N–H and O–H groups in total. The van der Waals surface area contributed by atoms with Crippen LogP contribution in [-0.4, -0.2) is 63.2 Å². The number of ether oxygens (including phenoxy) is 1. The number of hydrogen-bond acceptors (Lipinski definition) is 5. The highest BCUT2D eigenvalue weighted by Crippen LogP contribution is 2.47. The molecule has 3 aliphatic rings. The fourth-order valence-electron chi connectivity index (χ4n) is 5.39. The summed E-state index contributed by atoms with van der Waals surface area (Å²) in [5.74, 6) is 0.0797. The van der Waals surface area contributed by atoms with Crippen LogP contribution in [0.1, 0.15) is 43.2 Å². The number of nitrogens with one attached hydrogen (secondary N) is 1. The number of alkyl halides is 3. The van der Waals surface area contributed by atoms with Crippen LogP contribution in [0.2, 0.25) is 0 Å². The number of benzene rings is 1. The number of carbonyl (C=O) groups excluding carboxylic acids is 2. The molecule has 7 nitrogen and oxygen atoms in total. The van der Waals surface area contributed by atoms with Crippen LogP contribution < -0.4 is 10.2 Å². The number of piperidine rings is 1. The number of amides is 2. The number of carbonyl (C=O) groups is 2. The first-order valence-electron chi connectivity index (χ1n) is 12.1. The van der Waals surface area contributed by atoms with E-state index in [4.69, 9.17) is 10.00 Å². The molecule has 0 bridgehead atoms. The van der Waals surface area contributed by atoms with Gasteiger partial charge in [0.05, 0.1) is 29.7 Å². The van der Waals surface area contributed by atoms with Crippen LogP contribution >= 0.6 is 0 Å². The number of anilines is 1. The number of hydrogen-bond donors (Lipinski definition) is 1. The lowest BCUT2D eigenvalue weighted by Gasteiger charge is -2.42. The molecule has 1 unspecified atom stereocenters. The van der Waals surface area contributed by atoms with Gasteiger partial charge in [-0.15, -0.1) is 0 Å². The summed E-state index contributed by atoms with van der Waals surface area (Å²) in [7, 11) is 1.54. The van der Waals surface area contributed by atoms with E-state index in [0.717, 1.165) is 18.9 Å². The SMILES string of the molecule is COCCNC(=O)C1CN(c2ccc(C#N)c(C(F)(F)F)c2)CC12CCN(C(=O)CC1CC1)CC2. The Morgan fingerprint density at radius 1 is 1.26 bits per heavy atom.